The largest absolute Gasteiger partial charge is 0.334 e. The first-order valence-corrected chi connectivity index (χ1v) is 5.87. The third-order valence-electron chi connectivity index (χ3n) is 2.85. The van der Waals surface area contributed by atoms with Gasteiger partial charge in [-0.1, -0.05) is 0 Å². The Bertz CT molecular complexity index is 542. The molecule has 0 aromatic carbocycles. The minimum absolute atomic E-state index is 0.0802. The van der Waals surface area contributed by atoms with Gasteiger partial charge >= 0.3 is 0 Å². The Hall–Kier alpha value is -2.11. The number of hydrogen-bond acceptors (Lipinski definition) is 3. The zero-order chi connectivity index (χ0) is 13.1. The summed E-state index contributed by atoms with van der Waals surface area (Å²) in [7, 11) is 3.62. The SMILES string of the molecule is CCn1ccc(C(=O)N(C)Cc2ccnn2C)n1. The molecule has 0 bridgehead atoms. The first-order valence-electron chi connectivity index (χ1n) is 5.87. The molecule has 0 spiro atoms. The minimum Gasteiger partial charge on any atom is -0.334 e. The van der Waals surface area contributed by atoms with Crippen molar-refractivity contribution in [1.29, 1.82) is 0 Å². The van der Waals surface area contributed by atoms with Crippen molar-refractivity contribution >= 4 is 5.91 Å². The smallest absolute Gasteiger partial charge is 0.274 e. The van der Waals surface area contributed by atoms with Gasteiger partial charge in [-0.15, -0.1) is 0 Å². The molecule has 6 nitrogen and oxygen atoms in total. The monoisotopic (exact) mass is 247 g/mol. The third kappa shape index (κ3) is 2.42. The summed E-state index contributed by atoms with van der Waals surface area (Å²) in [4.78, 5) is 13.8. The van der Waals surface area contributed by atoms with E-state index in [-0.39, 0.29) is 5.91 Å². The van der Waals surface area contributed by atoms with Gasteiger partial charge < -0.3 is 4.90 Å². The van der Waals surface area contributed by atoms with Crippen LogP contribution in [0.2, 0.25) is 0 Å². The second kappa shape index (κ2) is 5.03. The van der Waals surface area contributed by atoms with Crippen LogP contribution < -0.4 is 0 Å². The van der Waals surface area contributed by atoms with E-state index in [1.54, 1.807) is 33.6 Å². The number of carbonyl (C=O) groups is 1. The Morgan fingerprint density at radius 1 is 1.44 bits per heavy atom. The number of rotatable bonds is 4. The van der Waals surface area contributed by atoms with Crippen LogP contribution in [0.3, 0.4) is 0 Å². The molecule has 0 saturated heterocycles. The first-order chi connectivity index (χ1) is 8.61. The molecule has 6 heteroatoms. The number of amides is 1. The molecule has 2 rings (SSSR count). The molecule has 0 saturated carbocycles. The van der Waals surface area contributed by atoms with Gasteiger partial charge in [-0.3, -0.25) is 14.2 Å². The maximum absolute atomic E-state index is 12.1. The van der Waals surface area contributed by atoms with Crippen molar-refractivity contribution in [3.8, 4) is 0 Å². The molecule has 2 heterocycles. The van der Waals surface area contributed by atoms with Crippen LogP contribution in [0.25, 0.3) is 0 Å². The summed E-state index contributed by atoms with van der Waals surface area (Å²) in [6.45, 7) is 3.27. The maximum Gasteiger partial charge on any atom is 0.274 e. The lowest BCUT2D eigenvalue weighted by molar-refractivity contribution is 0.0775. The molecular formula is C12H17N5O. The molecule has 2 aromatic rings. The molecule has 0 fully saturated rings. The molecule has 2 aromatic heterocycles. The second-order valence-electron chi connectivity index (χ2n) is 4.16. The highest BCUT2D eigenvalue weighted by Gasteiger charge is 2.15. The van der Waals surface area contributed by atoms with Crippen molar-refractivity contribution < 1.29 is 4.79 Å². The Balaban J connectivity index is 2.07. The zero-order valence-electron chi connectivity index (χ0n) is 10.9. The van der Waals surface area contributed by atoms with Crippen molar-refractivity contribution in [2.24, 2.45) is 7.05 Å². The van der Waals surface area contributed by atoms with Crippen LogP contribution in [-0.2, 0) is 20.1 Å². The average Bonchev–Trinajstić information content (AvgIpc) is 2.98. The fourth-order valence-corrected chi connectivity index (χ4v) is 1.72. The summed E-state index contributed by atoms with van der Waals surface area (Å²) in [6, 6.07) is 3.64. The van der Waals surface area contributed by atoms with E-state index in [2.05, 4.69) is 10.2 Å². The van der Waals surface area contributed by atoms with Crippen molar-refractivity contribution in [2.75, 3.05) is 7.05 Å². The van der Waals surface area contributed by atoms with E-state index in [1.807, 2.05) is 26.2 Å². The van der Waals surface area contributed by atoms with Gasteiger partial charge in [-0.05, 0) is 19.1 Å². The third-order valence-corrected chi connectivity index (χ3v) is 2.85. The van der Waals surface area contributed by atoms with E-state index < -0.39 is 0 Å². The van der Waals surface area contributed by atoms with Crippen LogP contribution in [0.1, 0.15) is 23.1 Å². The van der Waals surface area contributed by atoms with Crippen molar-refractivity contribution in [3.63, 3.8) is 0 Å². The Labute approximate surface area is 106 Å². The molecule has 0 unspecified atom stereocenters. The lowest BCUT2D eigenvalue weighted by Crippen LogP contribution is -2.27. The number of aryl methyl sites for hydroxylation is 2. The van der Waals surface area contributed by atoms with Gasteiger partial charge in [-0.2, -0.15) is 10.2 Å². The predicted octanol–water partition coefficient (Wildman–Crippen LogP) is 0.909. The molecule has 0 N–H and O–H groups in total. The van der Waals surface area contributed by atoms with E-state index in [1.165, 1.54) is 0 Å². The van der Waals surface area contributed by atoms with Crippen LogP contribution in [0.5, 0.6) is 0 Å². The number of nitrogens with zero attached hydrogens (tertiary/aromatic N) is 5. The second-order valence-corrected chi connectivity index (χ2v) is 4.16. The normalized spacial score (nSPS) is 10.6. The summed E-state index contributed by atoms with van der Waals surface area (Å²) in [5.41, 5.74) is 1.46. The van der Waals surface area contributed by atoms with Gasteiger partial charge in [0.05, 0.1) is 12.2 Å². The summed E-state index contributed by atoms with van der Waals surface area (Å²) in [5, 5.41) is 8.28. The molecule has 96 valence electrons. The van der Waals surface area contributed by atoms with Crippen LogP contribution in [0, 0.1) is 0 Å². The number of hydrogen-bond donors (Lipinski definition) is 0. The standard InChI is InChI=1S/C12H17N5O/c1-4-17-8-6-11(14-17)12(18)15(2)9-10-5-7-13-16(10)3/h5-8H,4,9H2,1-3H3. The molecule has 18 heavy (non-hydrogen) atoms. The highest BCUT2D eigenvalue weighted by atomic mass is 16.2. The lowest BCUT2D eigenvalue weighted by Gasteiger charge is -2.15. The summed E-state index contributed by atoms with van der Waals surface area (Å²) in [5.74, 6) is -0.0802. The average molecular weight is 247 g/mol. The topological polar surface area (TPSA) is 56.0 Å². The quantitative estimate of drug-likeness (QED) is 0.807. The summed E-state index contributed by atoms with van der Waals surface area (Å²) in [6.07, 6.45) is 3.53. The van der Waals surface area contributed by atoms with Crippen molar-refractivity contribution in [3.05, 3.63) is 35.9 Å². The number of aromatic nitrogens is 4. The van der Waals surface area contributed by atoms with Gasteiger partial charge in [-0.25, -0.2) is 0 Å². The minimum atomic E-state index is -0.0802. The molecule has 0 aliphatic carbocycles. The molecule has 0 radical (unpaired) electrons. The highest BCUT2D eigenvalue weighted by Crippen LogP contribution is 2.06. The van der Waals surface area contributed by atoms with E-state index in [0.29, 0.717) is 12.2 Å². The fraction of sp³-hybridized carbons (Fsp3) is 0.417. The zero-order valence-corrected chi connectivity index (χ0v) is 10.9. The summed E-state index contributed by atoms with van der Waals surface area (Å²) < 4.78 is 3.50. The van der Waals surface area contributed by atoms with E-state index in [9.17, 15) is 4.79 Å². The van der Waals surface area contributed by atoms with Crippen molar-refractivity contribution in [2.45, 2.75) is 20.0 Å². The van der Waals surface area contributed by atoms with Crippen LogP contribution in [-0.4, -0.2) is 37.4 Å². The molecule has 0 aliphatic rings. The van der Waals surface area contributed by atoms with Gasteiger partial charge in [0, 0.05) is 33.0 Å². The highest BCUT2D eigenvalue weighted by molar-refractivity contribution is 5.91. The van der Waals surface area contributed by atoms with E-state index >= 15 is 0 Å². The molecular weight excluding hydrogens is 230 g/mol. The van der Waals surface area contributed by atoms with Gasteiger partial charge in [0.2, 0.25) is 0 Å². The van der Waals surface area contributed by atoms with Crippen LogP contribution in [0.4, 0.5) is 0 Å². The van der Waals surface area contributed by atoms with Gasteiger partial charge in [0.1, 0.15) is 5.69 Å². The maximum atomic E-state index is 12.1. The van der Waals surface area contributed by atoms with Crippen LogP contribution >= 0.6 is 0 Å². The van der Waals surface area contributed by atoms with Crippen LogP contribution in [0.15, 0.2) is 24.5 Å². The fourth-order valence-electron chi connectivity index (χ4n) is 1.72. The number of carbonyl (C=O) groups excluding carboxylic acids is 1. The molecule has 0 atom stereocenters. The van der Waals surface area contributed by atoms with E-state index in [0.717, 1.165) is 12.2 Å². The Kier molecular flexibility index (Phi) is 3.45. The predicted molar refractivity (Wildman–Crippen MR) is 66.9 cm³/mol. The summed E-state index contributed by atoms with van der Waals surface area (Å²) >= 11 is 0. The Morgan fingerprint density at radius 3 is 2.78 bits per heavy atom. The van der Waals surface area contributed by atoms with Gasteiger partial charge in [0.25, 0.3) is 5.91 Å². The Morgan fingerprint density at radius 2 is 2.22 bits per heavy atom. The lowest BCUT2D eigenvalue weighted by atomic mass is 10.3. The first kappa shape index (κ1) is 12.3. The van der Waals surface area contributed by atoms with Crippen molar-refractivity contribution in [1.82, 2.24) is 24.5 Å². The van der Waals surface area contributed by atoms with Gasteiger partial charge in [0.15, 0.2) is 0 Å². The molecule has 1 amide bonds. The molecule has 0 aliphatic heterocycles. The van der Waals surface area contributed by atoms with E-state index in [4.69, 9.17) is 0 Å².